The van der Waals surface area contributed by atoms with Crippen LogP contribution >= 0.6 is 11.6 Å². The molecule has 0 aliphatic carbocycles. The Morgan fingerprint density at radius 3 is 2.61 bits per heavy atom. The van der Waals surface area contributed by atoms with Crippen molar-refractivity contribution in [2.45, 2.75) is 6.92 Å². The molecule has 0 saturated heterocycles. The zero-order chi connectivity index (χ0) is 13.0. The smallest absolute Gasteiger partial charge is 0.138 e. The predicted molar refractivity (Wildman–Crippen MR) is 75.7 cm³/mol. The van der Waals surface area contributed by atoms with Crippen molar-refractivity contribution < 1.29 is 0 Å². The van der Waals surface area contributed by atoms with Crippen molar-refractivity contribution >= 4 is 28.9 Å². The highest BCUT2D eigenvalue weighted by Gasteiger charge is 2.06. The molecule has 94 valence electrons. The van der Waals surface area contributed by atoms with Crippen molar-refractivity contribution in [1.82, 2.24) is 9.97 Å². The van der Waals surface area contributed by atoms with Crippen molar-refractivity contribution in [2.75, 3.05) is 23.8 Å². The fraction of sp³-hybridized carbons (Fsp3) is 0.231. The van der Waals surface area contributed by atoms with Crippen LogP contribution in [0.3, 0.4) is 0 Å². The molecule has 0 saturated carbocycles. The maximum absolute atomic E-state index is 5.87. The Labute approximate surface area is 112 Å². The Balaban J connectivity index is 2.24. The summed E-state index contributed by atoms with van der Waals surface area (Å²) in [7, 11) is 1.96. The topological polar surface area (TPSA) is 41.0 Å². The third-order valence-electron chi connectivity index (χ3n) is 2.57. The minimum atomic E-state index is 0.725. The quantitative estimate of drug-likeness (QED) is 0.918. The normalized spacial score (nSPS) is 10.2. The molecule has 18 heavy (non-hydrogen) atoms. The highest BCUT2D eigenvalue weighted by atomic mass is 35.5. The van der Waals surface area contributed by atoms with Crippen LogP contribution in [0.25, 0.3) is 0 Å². The molecule has 0 spiro atoms. The molecule has 0 bridgehead atoms. The van der Waals surface area contributed by atoms with Crippen molar-refractivity contribution in [2.24, 2.45) is 0 Å². The van der Waals surface area contributed by atoms with Gasteiger partial charge in [0.2, 0.25) is 0 Å². The van der Waals surface area contributed by atoms with Crippen LogP contribution in [-0.4, -0.2) is 23.6 Å². The van der Waals surface area contributed by atoms with E-state index in [1.807, 2.05) is 49.2 Å². The van der Waals surface area contributed by atoms with E-state index in [0.717, 1.165) is 28.9 Å². The van der Waals surface area contributed by atoms with Gasteiger partial charge in [0, 0.05) is 30.4 Å². The number of rotatable bonds is 4. The van der Waals surface area contributed by atoms with Gasteiger partial charge in [-0.05, 0) is 31.2 Å². The lowest BCUT2D eigenvalue weighted by atomic mass is 10.3. The van der Waals surface area contributed by atoms with E-state index in [1.165, 1.54) is 0 Å². The first-order valence-electron chi connectivity index (χ1n) is 5.76. The van der Waals surface area contributed by atoms with E-state index in [0.29, 0.717) is 0 Å². The first kappa shape index (κ1) is 12.6. The van der Waals surface area contributed by atoms with Crippen molar-refractivity contribution in [3.63, 3.8) is 0 Å². The molecule has 0 atom stereocenters. The molecule has 5 heteroatoms. The van der Waals surface area contributed by atoms with Gasteiger partial charge in [-0.2, -0.15) is 0 Å². The van der Waals surface area contributed by atoms with E-state index in [9.17, 15) is 0 Å². The number of halogens is 1. The van der Waals surface area contributed by atoms with E-state index in [2.05, 4.69) is 15.3 Å². The van der Waals surface area contributed by atoms with Crippen LogP contribution in [0, 0.1) is 0 Å². The molecule has 1 aromatic carbocycles. The summed E-state index contributed by atoms with van der Waals surface area (Å²) < 4.78 is 0. The molecule has 0 unspecified atom stereocenters. The van der Waals surface area contributed by atoms with E-state index in [4.69, 9.17) is 11.6 Å². The second kappa shape index (κ2) is 5.69. The molecule has 1 N–H and O–H groups in total. The predicted octanol–water partition coefficient (Wildman–Crippen LogP) is 3.33. The lowest BCUT2D eigenvalue weighted by Crippen LogP contribution is -2.12. The number of aromatic nitrogens is 2. The molecular formula is C13H15ClN4. The van der Waals surface area contributed by atoms with Gasteiger partial charge in [0.25, 0.3) is 0 Å². The van der Waals surface area contributed by atoms with Gasteiger partial charge >= 0.3 is 0 Å². The fourth-order valence-electron chi connectivity index (χ4n) is 1.61. The molecule has 4 nitrogen and oxygen atoms in total. The summed E-state index contributed by atoms with van der Waals surface area (Å²) in [5.41, 5.74) is 1.03. The number of hydrogen-bond donors (Lipinski definition) is 1. The molecular weight excluding hydrogens is 248 g/mol. The van der Waals surface area contributed by atoms with Gasteiger partial charge in [0.15, 0.2) is 0 Å². The van der Waals surface area contributed by atoms with Gasteiger partial charge in [0.1, 0.15) is 18.0 Å². The second-order valence-corrected chi connectivity index (χ2v) is 4.26. The first-order valence-corrected chi connectivity index (χ1v) is 6.13. The van der Waals surface area contributed by atoms with Crippen LogP contribution in [0.5, 0.6) is 0 Å². The summed E-state index contributed by atoms with van der Waals surface area (Å²) in [6.07, 6.45) is 1.56. The number of nitrogens with zero attached hydrogens (tertiary/aromatic N) is 3. The molecule has 0 aliphatic rings. The minimum absolute atomic E-state index is 0.725. The SMILES string of the molecule is CCNc1cc(N(C)c2ccc(Cl)cc2)ncn1. The average Bonchev–Trinajstić information content (AvgIpc) is 2.39. The second-order valence-electron chi connectivity index (χ2n) is 3.83. The zero-order valence-electron chi connectivity index (χ0n) is 10.4. The van der Waals surface area contributed by atoms with Crippen molar-refractivity contribution in [3.8, 4) is 0 Å². The van der Waals surface area contributed by atoms with Crippen LogP contribution < -0.4 is 10.2 Å². The zero-order valence-corrected chi connectivity index (χ0v) is 11.1. The molecule has 2 rings (SSSR count). The monoisotopic (exact) mass is 262 g/mol. The van der Waals surface area contributed by atoms with Gasteiger partial charge in [-0.25, -0.2) is 9.97 Å². The van der Waals surface area contributed by atoms with E-state index < -0.39 is 0 Å². The summed E-state index contributed by atoms with van der Waals surface area (Å²) in [5.74, 6) is 1.66. The Kier molecular flexibility index (Phi) is 3.99. The summed E-state index contributed by atoms with van der Waals surface area (Å²) in [4.78, 5) is 10.4. The lowest BCUT2D eigenvalue weighted by Gasteiger charge is -2.18. The Morgan fingerprint density at radius 1 is 1.22 bits per heavy atom. The Morgan fingerprint density at radius 2 is 1.94 bits per heavy atom. The van der Waals surface area contributed by atoms with Crippen LogP contribution in [0.2, 0.25) is 5.02 Å². The van der Waals surface area contributed by atoms with Crippen LogP contribution in [0.15, 0.2) is 36.7 Å². The molecule has 2 aromatic rings. The molecule has 1 heterocycles. The number of anilines is 3. The molecule has 0 aliphatic heterocycles. The van der Waals surface area contributed by atoms with E-state index >= 15 is 0 Å². The Hall–Kier alpha value is -1.81. The number of nitrogens with one attached hydrogen (secondary N) is 1. The van der Waals surface area contributed by atoms with Crippen LogP contribution in [-0.2, 0) is 0 Å². The van der Waals surface area contributed by atoms with E-state index in [-0.39, 0.29) is 0 Å². The maximum Gasteiger partial charge on any atom is 0.138 e. The molecule has 0 radical (unpaired) electrons. The highest BCUT2D eigenvalue weighted by Crippen LogP contribution is 2.24. The molecule has 0 amide bonds. The minimum Gasteiger partial charge on any atom is -0.370 e. The van der Waals surface area contributed by atoms with Gasteiger partial charge in [-0.3, -0.25) is 0 Å². The molecule has 0 fully saturated rings. The summed E-state index contributed by atoms with van der Waals surface area (Å²) in [6.45, 7) is 2.87. The van der Waals surface area contributed by atoms with Gasteiger partial charge in [-0.1, -0.05) is 11.6 Å². The van der Waals surface area contributed by atoms with Crippen LogP contribution in [0.4, 0.5) is 17.3 Å². The van der Waals surface area contributed by atoms with Crippen molar-refractivity contribution in [3.05, 3.63) is 41.7 Å². The van der Waals surface area contributed by atoms with Gasteiger partial charge < -0.3 is 10.2 Å². The standard InChI is InChI=1S/C13H15ClN4/c1-3-15-12-8-13(17-9-16-12)18(2)11-6-4-10(14)5-7-11/h4-9H,3H2,1-2H3,(H,15,16,17). The largest absolute Gasteiger partial charge is 0.370 e. The third kappa shape index (κ3) is 2.90. The van der Waals surface area contributed by atoms with Crippen molar-refractivity contribution in [1.29, 1.82) is 0 Å². The summed E-state index contributed by atoms with van der Waals surface area (Å²) in [5, 5.41) is 3.89. The fourth-order valence-corrected chi connectivity index (χ4v) is 1.73. The van der Waals surface area contributed by atoms with Crippen LogP contribution in [0.1, 0.15) is 6.92 Å². The first-order chi connectivity index (χ1) is 8.70. The van der Waals surface area contributed by atoms with E-state index in [1.54, 1.807) is 6.33 Å². The number of hydrogen-bond acceptors (Lipinski definition) is 4. The number of benzene rings is 1. The highest BCUT2D eigenvalue weighted by molar-refractivity contribution is 6.30. The summed E-state index contributed by atoms with van der Waals surface area (Å²) >= 11 is 5.87. The summed E-state index contributed by atoms with van der Waals surface area (Å²) in [6, 6.07) is 9.55. The third-order valence-corrected chi connectivity index (χ3v) is 2.82. The lowest BCUT2D eigenvalue weighted by molar-refractivity contribution is 1.06. The molecule has 1 aromatic heterocycles. The van der Waals surface area contributed by atoms with Gasteiger partial charge in [-0.15, -0.1) is 0 Å². The Bertz CT molecular complexity index is 513. The average molecular weight is 263 g/mol. The van der Waals surface area contributed by atoms with Gasteiger partial charge in [0.05, 0.1) is 0 Å². The maximum atomic E-state index is 5.87.